The number of halogens is 1. The summed E-state index contributed by atoms with van der Waals surface area (Å²) in [6.45, 7) is 3.07. The fourth-order valence-corrected chi connectivity index (χ4v) is 6.97. The number of anilines is 2. The molecule has 0 spiro atoms. The largest absolute Gasteiger partial charge is 0.506 e. The predicted molar refractivity (Wildman–Crippen MR) is 193 cm³/mol. The number of nitrogens with zero attached hydrogens (tertiary/aromatic N) is 1. The van der Waals surface area contributed by atoms with Gasteiger partial charge < -0.3 is 36.3 Å². The van der Waals surface area contributed by atoms with Crippen molar-refractivity contribution < 1.29 is 19.1 Å². The number of aromatic nitrogens is 1. The van der Waals surface area contributed by atoms with Crippen LogP contribution in [0.5, 0.6) is 5.75 Å². The van der Waals surface area contributed by atoms with E-state index >= 15 is 0 Å². The minimum absolute atomic E-state index is 0.0339. The highest BCUT2D eigenvalue weighted by Gasteiger charge is 2.22. The van der Waals surface area contributed by atoms with Gasteiger partial charge in [-0.05, 0) is 66.8 Å². The number of piperidine rings is 1. The smallest absolute Gasteiger partial charge is 0.319 e. The van der Waals surface area contributed by atoms with Crippen molar-refractivity contribution in [1.82, 2.24) is 20.5 Å². The number of amides is 3. The van der Waals surface area contributed by atoms with Crippen molar-refractivity contribution in [2.24, 2.45) is 0 Å². The number of hydrogen-bond donors (Lipinski definition) is 6. The number of phenolic OH excluding ortho intramolecular Hbond substituents is 1. The van der Waals surface area contributed by atoms with Crippen molar-refractivity contribution >= 4 is 44.9 Å². The molecule has 5 aromatic rings. The van der Waals surface area contributed by atoms with E-state index in [0.717, 1.165) is 69.9 Å². The van der Waals surface area contributed by atoms with E-state index in [4.69, 9.17) is 0 Å². The van der Waals surface area contributed by atoms with Gasteiger partial charge in [0.15, 0.2) is 0 Å². The molecule has 0 aliphatic carbocycles. The summed E-state index contributed by atoms with van der Waals surface area (Å²) in [4.78, 5) is 41.8. The molecule has 1 aromatic heterocycles. The van der Waals surface area contributed by atoms with Gasteiger partial charge in [-0.15, -0.1) is 0 Å². The highest BCUT2D eigenvalue weighted by molar-refractivity contribution is 7.16. The minimum atomic E-state index is -0.499. The normalized spacial score (nSPS) is 13.7. The number of benzene rings is 4. The molecule has 1 aliphatic rings. The average molecular weight is 683 g/mol. The first-order valence-electron chi connectivity index (χ1n) is 16.4. The maximum atomic E-state index is 14.8. The lowest BCUT2D eigenvalue weighted by molar-refractivity contribution is -0.116. The Balaban J connectivity index is 0.891. The number of carbonyl (C=O) groups is 2. The number of thiazole rings is 1. The van der Waals surface area contributed by atoms with Gasteiger partial charge >= 0.3 is 10.9 Å². The van der Waals surface area contributed by atoms with Crippen molar-refractivity contribution in [3.8, 4) is 16.9 Å². The van der Waals surface area contributed by atoms with E-state index in [1.165, 1.54) is 6.07 Å². The van der Waals surface area contributed by atoms with Gasteiger partial charge in [0.2, 0.25) is 5.91 Å². The second-order valence-corrected chi connectivity index (χ2v) is 13.1. The van der Waals surface area contributed by atoms with Crippen LogP contribution in [0.15, 0.2) is 89.7 Å². The molecule has 1 fully saturated rings. The van der Waals surface area contributed by atoms with Crippen LogP contribution < -0.4 is 26.1 Å². The van der Waals surface area contributed by atoms with E-state index < -0.39 is 5.82 Å². The Morgan fingerprint density at radius 1 is 0.939 bits per heavy atom. The summed E-state index contributed by atoms with van der Waals surface area (Å²) < 4.78 is 15.6. The number of aromatic amines is 1. The molecule has 2 heterocycles. The lowest BCUT2D eigenvalue weighted by atomic mass is 10.0. The van der Waals surface area contributed by atoms with Gasteiger partial charge in [0.1, 0.15) is 17.1 Å². The van der Waals surface area contributed by atoms with E-state index in [1.54, 1.807) is 24.3 Å². The van der Waals surface area contributed by atoms with Crippen LogP contribution in [-0.2, 0) is 17.8 Å². The molecule has 0 saturated carbocycles. The Morgan fingerprint density at radius 2 is 1.71 bits per heavy atom. The number of phenols is 1. The number of para-hydroxylation sites is 1. The zero-order valence-corrected chi connectivity index (χ0v) is 27.7. The van der Waals surface area contributed by atoms with E-state index in [2.05, 4.69) is 31.2 Å². The molecule has 6 N–H and O–H groups in total. The highest BCUT2D eigenvalue weighted by Crippen LogP contribution is 2.29. The van der Waals surface area contributed by atoms with Crippen molar-refractivity contribution in [2.75, 3.05) is 36.8 Å². The van der Waals surface area contributed by atoms with Crippen molar-refractivity contribution in [3.63, 3.8) is 0 Å². The van der Waals surface area contributed by atoms with E-state index in [1.807, 2.05) is 54.6 Å². The van der Waals surface area contributed by atoms with Crippen molar-refractivity contribution in [2.45, 2.75) is 38.3 Å². The Morgan fingerprint density at radius 3 is 2.51 bits per heavy atom. The Labute approximate surface area is 287 Å². The molecule has 6 rings (SSSR count). The maximum absolute atomic E-state index is 14.8. The fraction of sp³-hybridized carbons (Fsp3) is 0.270. The summed E-state index contributed by atoms with van der Waals surface area (Å²) in [7, 11) is 0. The predicted octanol–water partition coefficient (Wildman–Crippen LogP) is 6.05. The molecular formula is C37H39FN6O4S. The molecule has 10 nitrogen and oxygen atoms in total. The second-order valence-electron chi connectivity index (χ2n) is 12.1. The molecule has 1 saturated heterocycles. The third-order valence-corrected chi connectivity index (χ3v) is 9.64. The van der Waals surface area contributed by atoms with Crippen LogP contribution in [0.2, 0.25) is 0 Å². The molecule has 0 atom stereocenters. The third-order valence-electron chi connectivity index (χ3n) is 8.68. The lowest BCUT2D eigenvalue weighted by Gasteiger charge is -2.32. The summed E-state index contributed by atoms with van der Waals surface area (Å²) >= 11 is 1.07. The number of rotatable bonds is 12. The summed E-state index contributed by atoms with van der Waals surface area (Å²) in [5.41, 5.74) is 5.01. The molecule has 254 valence electrons. The number of nitrogens with one attached hydrogen (secondary N) is 5. The number of aromatic hydroxyl groups is 1. The number of hydrogen-bond acceptors (Lipinski definition) is 7. The number of likely N-dealkylation sites (tertiary alicyclic amines) is 1. The molecule has 12 heteroatoms. The first-order valence-corrected chi connectivity index (χ1v) is 17.2. The fourth-order valence-electron chi connectivity index (χ4n) is 6.07. The molecule has 3 amide bonds. The van der Waals surface area contributed by atoms with Crippen LogP contribution in [-0.4, -0.2) is 59.1 Å². The number of H-pyrrole nitrogens is 1. The van der Waals surface area contributed by atoms with Crippen LogP contribution in [0.4, 0.5) is 20.6 Å². The van der Waals surface area contributed by atoms with Gasteiger partial charge in [-0.1, -0.05) is 72.0 Å². The SMILES string of the molecule is O=C(CCN1CCC(NC(=O)Nc2ccccc2-c2ccccc2)CC1)Nc1ccc(CNCCc2ccc(O)c3[nH]c(=O)sc23)cc1F. The molecule has 49 heavy (non-hydrogen) atoms. The Hall–Kier alpha value is -5.04. The van der Waals surface area contributed by atoms with E-state index in [0.29, 0.717) is 31.6 Å². The maximum Gasteiger partial charge on any atom is 0.319 e. The van der Waals surface area contributed by atoms with Gasteiger partial charge in [-0.3, -0.25) is 9.59 Å². The topological polar surface area (TPSA) is 139 Å². The second kappa shape index (κ2) is 15.9. The van der Waals surface area contributed by atoms with Crippen molar-refractivity contribution in [1.29, 1.82) is 0 Å². The van der Waals surface area contributed by atoms with Crippen LogP contribution in [0.25, 0.3) is 21.3 Å². The number of carbonyl (C=O) groups excluding carboxylic acids is 2. The first kappa shape index (κ1) is 33.8. The third kappa shape index (κ3) is 8.91. The van der Waals surface area contributed by atoms with Crippen LogP contribution in [0.1, 0.15) is 30.4 Å². The van der Waals surface area contributed by atoms with E-state index in [9.17, 15) is 23.9 Å². The zero-order valence-electron chi connectivity index (χ0n) is 26.9. The van der Waals surface area contributed by atoms with Gasteiger partial charge in [0.25, 0.3) is 0 Å². The first-order chi connectivity index (χ1) is 23.8. The van der Waals surface area contributed by atoms with Gasteiger partial charge in [-0.2, -0.15) is 0 Å². The van der Waals surface area contributed by atoms with Gasteiger partial charge in [0, 0.05) is 44.2 Å². The molecule has 0 radical (unpaired) electrons. The average Bonchev–Trinajstić information content (AvgIpc) is 3.51. The Kier molecular flexibility index (Phi) is 11.0. The molecular weight excluding hydrogens is 644 g/mol. The number of fused-ring (bicyclic) bond motifs is 1. The molecule has 4 aromatic carbocycles. The summed E-state index contributed by atoms with van der Waals surface area (Å²) in [6.07, 6.45) is 2.41. The molecule has 0 bridgehead atoms. The molecule has 0 unspecified atom stereocenters. The van der Waals surface area contributed by atoms with Crippen molar-refractivity contribution in [3.05, 3.63) is 112 Å². The summed E-state index contributed by atoms with van der Waals surface area (Å²) in [5, 5.41) is 22.0. The van der Waals surface area contributed by atoms with Gasteiger partial charge in [0.05, 0.1) is 16.1 Å². The van der Waals surface area contributed by atoms with Crippen LogP contribution in [0, 0.1) is 5.82 Å². The zero-order chi connectivity index (χ0) is 34.2. The lowest BCUT2D eigenvalue weighted by Crippen LogP contribution is -2.46. The number of urea groups is 1. The Bertz CT molecular complexity index is 1970. The van der Waals surface area contributed by atoms with Crippen LogP contribution >= 0.6 is 11.3 Å². The molecule has 1 aliphatic heterocycles. The summed E-state index contributed by atoms with van der Waals surface area (Å²) in [5.74, 6) is -0.708. The van der Waals surface area contributed by atoms with E-state index in [-0.39, 0.29) is 40.7 Å². The minimum Gasteiger partial charge on any atom is -0.506 e. The monoisotopic (exact) mass is 682 g/mol. The highest BCUT2D eigenvalue weighted by atomic mass is 32.1. The van der Waals surface area contributed by atoms with Gasteiger partial charge in [-0.25, -0.2) is 9.18 Å². The quantitative estimate of drug-likeness (QED) is 0.0887. The standard InChI is InChI=1S/C37H39FN6O4S/c38-29-22-24(23-39-18-14-26-11-13-32(45)34-35(26)49-37(48)43-34)10-12-31(29)41-33(46)17-21-44-19-15-27(16-20-44)40-36(47)42-30-9-5-4-8-28(30)25-6-2-1-3-7-25/h1-13,22,27,39,45H,14-21,23H2,(H,41,46)(H,43,48)(H2,40,42,47). The summed E-state index contributed by atoms with van der Waals surface area (Å²) in [6, 6.07) is 25.6. The van der Waals surface area contributed by atoms with Crippen LogP contribution in [0.3, 0.4) is 0 Å².